The van der Waals surface area contributed by atoms with Gasteiger partial charge in [0.25, 0.3) is 0 Å². The van der Waals surface area contributed by atoms with Crippen LogP contribution in [-0.4, -0.2) is 61.4 Å². The number of likely N-dealkylation sites (N-methyl/N-ethyl adjacent to an activating group) is 1. The van der Waals surface area contributed by atoms with Gasteiger partial charge in [0, 0.05) is 30.3 Å². The standard InChI is InChI=1S/C14H19N3OS/c1-15(2)7-8-16-9-11-10-19-13-6-4-3-5-12(13)17(11)14(16)18/h3-6,11H,7-10H2,1-2H3. The fourth-order valence-electron chi connectivity index (χ4n) is 2.62. The summed E-state index contributed by atoms with van der Waals surface area (Å²) in [5.41, 5.74) is 1.08. The van der Waals surface area contributed by atoms with E-state index in [2.05, 4.69) is 17.0 Å². The largest absolute Gasteiger partial charge is 0.324 e. The normalized spacial score (nSPS) is 21.8. The number of hydrogen-bond donors (Lipinski definition) is 0. The molecule has 4 nitrogen and oxygen atoms in total. The van der Waals surface area contributed by atoms with Gasteiger partial charge in [0.05, 0.1) is 11.7 Å². The number of benzene rings is 1. The molecule has 2 amide bonds. The van der Waals surface area contributed by atoms with E-state index in [1.165, 1.54) is 4.90 Å². The minimum Gasteiger partial charge on any atom is -0.321 e. The van der Waals surface area contributed by atoms with E-state index in [1.807, 2.05) is 47.8 Å². The number of thioether (sulfide) groups is 1. The lowest BCUT2D eigenvalue weighted by Crippen LogP contribution is -2.39. The topological polar surface area (TPSA) is 26.8 Å². The Morgan fingerprint density at radius 1 is 1.37 bits per heavy atom. The number of hydrogen-bond acceptors (Lipinski definition) is 3. The summed E-state index contributed by atoms with van der Waals surface area (Å²) >= 11 is 1.86. The molecule has 0 aromatic heterocycles. The maximum absolute atomic E-state index is 12.5. The van der Waals surface area contributed by atoms with E-state index in [0.717, 1.165) is 31.1 Å². The smallest absolute Gasteiger partial charge is 0.321 e. The molecule has 2 aliphatic heterocycles. The third-order valence-electron chi connectivity index (χ3n) is 3.65. The van der Waals surface area contributed by atoms with Gasteiger partial charge in [-0.25, -0.2) is 4.79 Å². The Labute approximate surface area is 118 Å². The molecule has 2 aliphatic rings. The molecule has 0 radical (unpaired) electrons. The van der Waals surface area contributed by atoms with Crippen molar-refractivity contribution in [3.8, 4) is 0 Å². The van der Waals surface area contributed by atoms with Crippen molar-refractivity contribution in [3.05, 3.63) is 24.3 Å². The molecule has 0 N–H and O–H groups in total. The summed E-state index contributed by atoms with van der Waals surface area (Å²) in [5.74, 6) is 1.00. The zero-order valence-electron chi connectivity index (χ0n) is 11.4. The molecule has 0 bridgehead atoms. The fraction of sp³-hybridized carbons (Fsp3) is 0.500. The van der Waals surface area contributed by atoms with Crippen LogP contribution in [0.4, 0.5) is 10.5 Å². The van der Waals surface area contributed by atoms with Crippen molar-refractivity contribution in [1.29, 1.82) is 0 Å². The van der Waals surface area contributed by atoms with Gasteiger partial charge < -0.3 is 9.80 Å². The first-order valence-electron chi connectivity index (χ1n) is 6.61. The van der Waals surface area contributed by atoms with Crippen LogP contribution >= 0.6 is 11.8 Å². The summed E-state index contributed by atoms with van der Waals surface area (Å²) in [6.45, 7) is 2.58. The van der Waals surface area contributed by atoms with Gasteiger partial charge in [-0.05, 0) is 26.2 Å². The van der Waals surface area contributed by atoms with Crippen LogP contribution in [0.1, 0.15) is 0 Å². The van der Waals surface area contributed by atoms with E-state index in [4.69, 9.17) is 0 Å². The summed E-state index contributed by atoms with van der Waals surface area (Å²) in [6, 6.07) is 8.70. The van der Waals surface area contributed by atoms with Gasteiger partial charge in [0.15, 0.2) is 0 Å². The van der Waals surface area contributed by atoms with Crippen molar-refractivity contribution in [3.63, 3.8) is 0 Å². The lowest BCUT2D eigenvalue weighted by molar-refractivity contribution is 0.214. The van der Waals surface area contributed by atoms with E-state index in [0.29, 0.717) is 6.04 Å². The number of carbonyl (C=O) groups excluding carboxylic acids is 1. The lowest BCUT2D eigenvalue weighted by Gasteiger charge is -2.29. The summed E-state index contributed by atoms with van der Waals surface area (Å²) in [7, 11) is 4.08. The van der Waals surface area contributed by atoms with Gasteiger partial charge in [-0.15, -0.1) is 11.8 Å². The lowest BCUT2D eigenvalue weighted by atomic mass is 10.2. The van der Waals surface area contributed by atoms with E-state index >= 15 is 0 Å². The average molecular weight is 277 g/mol. The van der Waals surface area contributed by atoms with Crippen molar-refractivity contribution in [1.82, 2.24) is 9.80 Å². The number of urea groups is 1. The summed E-state index contributed by atoms with van der Waals surface area (Å²) < 4.78 is 0. The molecule has 0 aliphatic carbocycles. The quantitative estimate of drug-likeness (QED) is 0.845. The van der Waals surface area contributed by atoms with E-state index in [-0.39, 0.29) is 6.03 Å². The first-order valence-corrected chi connectivity index (χ1v) is 7.60. The summed E-state index contributed by atoms with van der Waals surface area (Å²) in [4.78, 5) is 19.8. The molecule has 2 heterocycles. The van der Waals surface area contributed by atoms with Crippen molar-refractivity contribution in [2.75, 3.05) is 44.4 Å². The second-order valence-corrected chi connectivity index (χ2v) is 6.40. The minimum atomic E-state index is 0.166. The Morgan fingerprint density at radius 2 is 2.16 bits per heavy atom. The number of rotatable bonds is 3. The van der Waals surface area contributed by atoms with E-state index in [9.17, 15) is 4.79 Å². The molecule has 1 atom stereocenters. The molecule has 1 saturated heterocycles. The molecule has 1 fully saturated rings. The van der Waals surface area contributed by atoms with Crippen LogP contribution < -0.4 is 4.90 Å². The first kappa shape index (κ1) is 12.8. The van der Waals surface area contributed by atoms with Crippen LogP contribution in [-0.2, 0) is 0 Å². The fourth-order valence-corrected chi connectivity index (χ4v) is 3.74. The van der Waals surface area contributed by atoms with Gasteiger partial charge in [-0.3, -0.25) is 4.90 Å². The van der Waals surface area contributed by atoms with E-state index < -0.39 is 0 Å². The molecule has 1 aromatic rings. The predicted octanol–water partition coefficient (Wildman–Crippen LogP) is 1.96. The maximum atomic E-state index is 12.5. The number of nitrogens with zero attached hydrogens (tertiary/aromatic N) is 3. The highest BCUT2D eigenvalue weighted by Gasteiger charge is 2.41. The zero-order valence-corrected chi connectivity index (χ0v) is 12.2. The van der Waals surface area contributed by atoms with Crippen LogP contribution in [0.5, 0.6) is 0 Å². The van der Waals surface area contributed by atoms with E-state index in [1.54, 1.807) is 0 Å². The molecule has 1 unspecified atom stereocenters. The number of fused-ring (bicyclic) bond motifs is 3. The average Bonchev–Trinajstić information content (AvgIpc) is 2.73. The molecule has 1 aromatic carbocycles. The highest BCUT2D eigenvalue weighted by atomic mass is 32.2. The Bertz CT molecular complexity index is 491. The minimum absolute atomic E-state index is 0.166. The molecular weight excluding hydrogens is 258 g/mol. The van der Waals surface area contributed by atoms with Gasteiger partial charge in [0.1, 0.15) is 0 Å². The first-order chi connectivity index (χ1) is 9.16. The molecule has 102 valence electrons. The van der Waals surface area contributed by atoms with Crippen LogP contribution in [0.25, 0.3) is 0 Å². The maximum Gasteiger partial charge on any atom is 0.324 e. The van der Waals surface area contributed by atoms with Crippen molar-refractivity contribution >= 4 is 23.5 Å². The Balaban J connectivity index is 1.81. The summed E-state index contributed by atoms with van der Waals surface area (Å²) in [6.07, 6.45) is 0. The zero-order chi connectivity index (χ0) is 13.4. The van der Waals surface area contributed by atoms with Gasteiger partial charge in [-0.2, -0.15) is 0 Å². The van der Waals surface area contributed by atoms with Gasteiger partial charge >= 0.3 is 6.03 Å². The molecule has 5 heteroatoms. The highest BCUT2D eigenvalue weighted by Crippen LogP contribution is 2.40. The van der Waals surface area contributed by atoms with Crippen LogP contribution in [0, 0.1) is 0 Å². The number of anilines is 1. The molecule has 3 rings (SSSR count). The summed E-state index contributed by atoms with van der Waals surface area (Å²) in [5, 5.41) is 0. The Hall–Kier alpha value is -1.20. The number of carbonyl (C=O) groups is 1. The SMILES string of the molecule is CN(C)CCN1CC2CSc3ccccc3N2C1=O. The van der Waals surface area contributed by atoms with Crippen LogP contribution in [0.3, 0.4) is 0 Å². The molecule has 0 saturated carbocycles. The molecule has 19 heavy (non-hydrogen) atoms. The second-order valence-electron chi connectivity index (χ2n) is 5.33. The number of amides is 2. The number of para-hydroxylation sites is 1. The van der Waals surface area contributed by atoms with Crippen LogP contribution in [0.2, 0.25) is 0 Å². The van der Waals surface area contributed by atoms with Gasteiger partial charge in [-0.1, -0.05) is 12.1 Å². The highest BCUT2D eigenvalue weighted by molar-refractivity contribution is 7.99. The second kappa shape index (κ2) is 5.06. The molecular formula is C14H19N3OS. The van der Waals surface area contributed by atoms with Crippen LogP contribution in [0.15, 0.2) is 29.2 Å². The van der Waals surface area contributed by atoms with Gasteiger partial charge in [0.2, 0.25) is 0 Å². The Morgan fingerprint density at radius 3 is 2.95 bits per heavy atom. The Kier molecular flexibility index (Phi) is 3.41. The monoisotopic (exact) mass is 277 g/mol. The third kappa shape index (κ3) is 2.32. The molecule has 0 spiro atoms. The third-order valence-corrected chi connectivity index (χ3v) is 4.85. The van der Waals surface area contributed by atoms with Crippen molar-refractivity contribution < 1.29 is 4.79 Å². The van der Waals surface area contributed by atoms with Crippen molar-refractivity contribution in [2.45, 2.75) is 10.9 Å². The van der Waals surface area contributed by atoms with Crippen molar-refractivity contribution in [2.24, 2.45) is 0 Å². The predicted molar refractivity (Wildman–Crippen MR) is 79.0 cm³/mol.